The van der Waals surface area contributed by atoms with Crippen molar-refractivity contribution in [3.8, 4) is 68.2 Å². The summed E-state index contributed by atoms with van der Waals surface area (Å²) >= 11 is 0. The zero-order chi connectivity index (χ0) is 86.9. The molecular formula is C104H108O16S4. The molecule has 0 saturated carbocycles. The molecule has 20 heteroatoms. The van der Waals surface area contributed by atoms with E-state index in [4.69, 9.17) is 37.9 Å². The maximum atomic E-state index is 15.8. The van der Waals surface area contributed by atoms with E-state index in [-0.39, 0.29) is 90.5 Å². The summed E-state index contributed by atoms with van der Waals surface area (Å²) in [6, 6.07) is 63.9. The number of para-hydroxylation sites is 4. The van der Waals surface area contributed by atoms with Gasteiger partial charge >= 0.3 is 0 Å². The van der Waals surface area contributed by atoms with Crippen LogP contribution in [0.1, 0.15) is 196 Å². The number of hydrogen-bond acceptors (Lipinski definition) is 16. The third-order valence-corrected chi connectivity index (χ3v) is 29.8. The Balaban J connectivity index is 0.953. The molecule has 644 valence electrons. The quantitative estimate of drug-likeness (QED) is 0.0550. The standard InChI is InChI=1S/C104H108O16S4/c1-9-45-113-97-73-21-17-22-74(97)54-82-62-94-64-84(102(82)118-50-14-6)56-76-24-18-23-75(98(76)114-46-10-2)55-83-63-93(61-81(53-73)101(83)117-49-13-5)121(105,106)89-37-29-69(30-38-89)71-33-41-91(42-34-71)123(109,110)95-65-85-57-77-25-19-26-78(99(77)115-47-11-3)58-86-66-96(124(111,112)92-43-35-72(36-44-92)70-31-39-90(40-32-70)122(94,107)108)68-88(104(86)120-52-16-8)60-80-28-20-27-79(100(80)116-48-12-4)59-87(67-95)103(85)119-51-15-7/h17-44,61-68H,9-16,45-60H2,1-8H3. The molecular weight excluding hydrogens is 1630 g/mol. The summed E-state index contributed by atoms with van der Waals surface area (Å²) in [5.41, 5.74) is 13.4. The van der Waals surface area contributed by atoms with Gasteiger partial charge < -0.3 is 37.9 Å². The van der Waals surface area contributed by atoms with E-state index in [0.29, 0.717) is 217 Å². The molecule has 124 heavy (non-hydrogen) atoms. The summed E-state index contributed by atoms with van der Waals surface area (Å²) < 4.78 is 181. The molecule has 28 bridgehead atoms. The van der Waals surface area contributed by atoms with Crippen molar-refractivity contribution < 1.29 is 71.6 Å². The van der Waals surface area contributed by atoms with E-state index in [1.54, 1.807) is 146 Å². The molecule has 28 rings (SSSR count). The summed E-state index contributed by atoms with van der Waals surface area (Å²) in [4.78, 5) is 0.339. The molecule has 0 saturated heterocycles. The van der Waals surface area contributed by atoms with Crippen molar-refractivity contribution in [1.29, 1.82) is 0 Å². The van der Waals surface area contributed by atoms with Crippen LogP contribution in [-0.4, -0.2) is 86.5 Å². The van der Waals surface area contributed by atoms with E-state index in [2.05, 4.69) is 0 Å². The number of sulfone groups is 4. The fraction of sp³-hybridized carbons (Fsp3) is 0.308. The molecule has 0 atom stereocenters. The maximum Gasteiger partial charge on any atom is 0.206 e. The summed E-state index contributed by atoms with van der Waals surface area (Å²) in [7, 11) is -17.3. The zero-order valence-electron chi connectivity index (χ0n) is 71.9. The highest BCUT2D eigenvalue weighted by atomic mass is 32.2. The average Bonchev–Trinajstić information content (AvgIpc) is 0.766. The van der Waals surface area contributed by atoms with Crippen LogP contribution in [0, 0.1) is 0 Å². The van der Waals surface area contributed by atoms with Crippen LogP contribution < -0.4 is 37.9 Å². The van der Waals surface area contributed by atoms with Crippen molar-refractivity contribution in [2.45, 2.75) is 197 Å². The Bertz CT molecular complexity index is 5440. The number of rotatable bonds is 24. The lowest BCUT2D eigenvalue weighted by atomic mass is 9.91. The van der Waals surface area contributed by atoms with E-state index in [1.165, 1.54) is 0 Å². The molecule has 0 N–H and O–H groups in total. The van der Waals surface area contributed by atoms with Gasteiger partial charge in [0.2, 0.25) is 39.3 Å². The van der Waals surface area contributed by atoms with Crippen LogP contribution in [-0.2, 0) is 90.7 Å². The van der Waals surface area contributed by atoms with Gasteiger partial charge in [-0.15, -0.1) is 0 Å². The molecule has 2 aliphatic carbocycles. The first kappa shape index (κ1) is 87.7. The van der Waals surface area contributed by atoms with Gasteiger partial charge in [0.25, 0.3) is 0 Å². The van der Waals surface area contributed by atoms with Gasteiger partial charge in [0.05, 0.1) is 92.0 Å². The second-order valence-electron chi connectivity index (χ2n) is 32.2. The molecule has 0 radical (unpaired) electrons. The van der Waals surface area contributed by atoms with Crippen LogP contribution in [0.3, 0.4) is 0 Å². The van der Waals surface area contributed by atoms with Crippen molar-refractivity contribution in [3.05, 3.63) is 307 Å². The third kappa shape index (κ3) is 18.5. The first-order chi connectivity index (χ1) is 60.1. The van der Waals surface area contributed by atoms with Crippen LogP contribution in [0.5, 0.6) is 46.0 Å². The van der Waals surface area contributed by atoms with Gasteiger partial charge in [-0.05, 0) is 215 Å². The minimum atomic E-state index is -4.33. The molecule has 0 unspecified atom stereocenters. The molecule has 0 amide bonds. The van der Waals surface area contributed by atoms with Crippen molar-refractivity contribution in [2.24, 2.45) is 0 Å². The van der Waals surface area contributed by atoms with Gasteiger partial charge in [-0.3, -0.25) is 0 Å². The Morgan fingerprint density at radius 3 is 0.435 bits per heavy atom. The second kappa shape index (κ2) is 38.5. The van der Waals surface area contributed by atoms with E-state index in [9.17, 15) is 0 Å². The zero-order valence-corrected chi connectivity index (χ0v) is 75.2. The summed E-state index contributed by atoms with van der Waals surface area (Å²) in [6.45, 7) is 18.9. The van der Waals surface area contributed by atoms with Crippen LogP contribution in [0.4, 0.5) is 0 Å². The van der Waals surface area contributed by atoms with E-state index >= 15 is 33.7 Å². The maximum absolute atomic E-state index is 15.8. The minimum Gasteiger partial charge on any atom is -0.493 e. The lowest BCUT2D eigenvalue weighted by molar-refractivity contribution is 0.304. The number of benzene rings is 12. The Labute approximate surface area is 731 Å². The highest BCUT2D eigenvalue weighted by Gasteiger charge is 2.33. The summed E-state index contributed by atoms with van der Waals surface area (Å²) in [6.07, 6.45) is 6.67. The number of ether oxygens (including phenoxy) is 8. The van der Waals surface area contributed by atoms with Crippen molar-refractivity contribution in [1.82, 2.24) is 0 Å². The van der Waals surface area contributed by atoms with Gasteiger partial charge in [-0.1, -0.05) is 177 Å². The van der Waals surface area contributed by atoms with Gasteiger partial charge in [-0.25, -0.2) is 33.7 Å². The van der Waals surface area contributed by atoms with E-state index in [0.717, 1.165) is 44.5 Å². The first-order valence-corrected chi connectivity index (χ1v) is 49.5. The summed E-state index contributed by atoms with van der Waals surface area (Å²) in [5, 5.41) is 0. The highest BCUT2D eigenvalue weighted by molar-refractivity contribution is 7.92. The number of hydrogen-bond donors (Lipinski definition) is 0. The summed E-state index contributed by atoms with van der Waals surface area (Å²) in [5.74, 6) is 4.44. The van der Waals surface area contributed by atoms with Crippen molar-refractivity contribution in [3.63, 3.8) is 0 Å². The van der Waals surface area contributed by atoms with Gasteiger partial charge in [-0.2, -0.15) is 0 Å². The molecule has 12 aromatic rings. The Hall–Kier alpha value is -11.2. The van der Waals surface area contributed by atoms with Crippen LogP contribution in [0.2, 0.25) is 0 Å². The highest BCUT2D eigenvalue weighted by Crippen LogP contribution is 2.47. The molecule has 14 heterocycles. The Morgan fingerprint density at radius 1 is 0.177 bits per heavy atom. The smallest absolute Gasteiger partial charge is 0.206 e. The van der Waals surface area contributed by atoms with Gasteiger partial charge in [0, 0.05) is 95.9 Å². The SMILES string of the molecule is CCCOc1c2cccc1Cc1cc3cc(c1OCCC)Cc1cccc(c1OCCC)Cc1cc(cc(c1OCCC)C2)S(=O)(=O)c1ccc(cc1)-c1ccc(cc1)S(=O)(=O)c1cc2c(OCCC)c(c1)Cc1cccc(c1OCCC)Cc1cc(cc(c1OCCC)Cc1cccc(c1OCCC)C2)S(=O)(=O)c1ccc(cc1)-c1ccc(cc1)S3(=O)=O. The largest absolute Gasteiger partial charge is 0.493 e. The average molecular weight is 1740 g/mol. The van der Waals surface area contributed by atoms with Gasteiger partial charge in [0.1, 0.15) is 46.0 Å². The molecule has 14 aliphatic heterocycles. The predicted molar refractivity (Wildman–Crippen MR) is 486 cm³/mol. The fourth-order valence-corrected chi connectivity index (χ4v) is 22.3. The van der Waals surface area contributed by atoms with Gasteiger partial charge in [0.15, 0.2) is 0 Å². The topological polar surface area (TPSA) is 210 Å². The molecule has 0 aromatic heterocycles. The minimum absolute atomic E-state index is 0.0375. The molecule has 16 aliphatic rings. The van der Waals surface area contributed by atoms with E-state index in [1.807, 2.05) is 128 Å². The second-order valence-corrected chi connectivity index (χ2v) is 40.0. The third-order valence-electron chi connectivity index (χ3n) is 22.8. The Morgan fingerprint density at radius 2 is 0.306 bits per heavy atom. The molecule has 0 spiro atoms. The molecule has 12 aromatic carbocycles. The lowest BCUT2D eigenvalue weighted by Gasteiger charge is -2.24. The predicted octanol–water partition coefficient (Wildman–Crippen LogP) is 22.3. The fourth-order valence-electron chi connectivity index (χ4n) is 16.8. The normalized spacial score (nSPS) is 14.6. The lowest BCUT2D eigenvalue weighted by Crippen LogP contribution is -2.12. The van der Waals surface area contributed by atoms with Crippen molar-refractivity contribution >= 4 is 39.3 Å². The van der Waals surface area contributed by atoms with Crippen LogP contribution in [0.25, 0.3) is 22.3 Å². The molecule has 0 fully saturated rings. The van der Waals surface area contributed by atoms with Crippen molar-refractivity contribution in [2.75, 3.05) is 52.9 Å². The monoisotopic (exact) mass is 1740 g/mol. The van der Waals surface area contributed by atoms with Crippen LogP contribution >= 0.6 is 0 Å². The molecule has 16 nitrogen and oxygen atoms in total. The Kier molecular flexibility index (Phi) is 27.3. The van der Waals surface area contributed by atoms with E-state index < -0.39 is 39.3 Å². The first-order valence-electron chi connectivity index (χ1n) is 43.6. The van der Waals surface area contributed by atoms with Crippen LogP contribution in [0.15, 0.2) is 258 Å².